The fourth-order valence-electron chi connectivity index (χ4n) is 1.32. The van der Waals surface area contributed by atoms with Gasteiger partial charge in [-0.3, -0.25) is 0 Å². The van der Waals surface area contributed by atoms with Crippen LogP contribution in [0.25, 0.3) is 0 Å². The summed E-state index contributed by atoms with van der Waals surface area (Å²) in [5, 5.41) is 0.306. The normalized spacial score (nSPS) is 12.7. The van der Waals surface area contributed by atoms with Gasteiger partial charge in [0.25, 0.3) is 0 Å². The minimum atomic E-state index is -4.90. The van der Waals surface area contributed by atoms with E-state index in [1.54, 1.807) is 0 Å². The molecule has 0 unspecified atom stereocenters. The van der Waals surface area contributed by atoms with Crippen molar-refractivity contribution in [1.82, 2.24) is 0 Å². The average molecular weight is 331 g/mol. The van der Waals surface area contributed by atoms with Gasteiger partial charge >= 0.3 is 6.36 Å². The molecule has 1 nitrogen and oxygen atoms in total. The zero-order chi connectivity index (χ0) is 13.4. The van der Waals surface area contributed by atoms with Gasteiger partial charge < -0.3 is 4.74 Å². The monoisotopic (exact) mass is 330 g/mol. The van der Waals surface area contributed by atoms with Gasteiger partial charge in [-0.05, 0) is 27.2 Å². The van der Waals surface area contributed by atoms with Crippen LogP contribution in [-0.4, -0.2) is 14.4 Å². The summed E-state index contributed by atoms with van der Waals surface area (Å²) in [6, 6.07) is 2.87. The third-order valence-corrected chi connectivity index (χ3v) is 4.70. The van der Waals surface area contributed by atoms with E-state index in [9.17, 15) is 17.6 Å². The van der Waals surface area contributed by atoms with Crippen LogP contribution in [0.5, 0.6) is 5.75 Å². The Kier molecular flexibility index (Phi) is 3.93. The molecule has 0 N–H and O–H groups in total. The Morgan fingerprint density at radius 3 is 2.12 bits per heavy atom. The standard InChI is InChI=1S/C10H11BrF4OSi/c1-17(2,3)7-5-4-6(11)9(8(7)12)16-10(13,14)15/h4-5H,1-3H3. The van der Waals surface area contributed by atoms with Gasteiger partial charge in [0.05, 0.1) is 12.5 Å². The molecular weight excluding hydrogens is 320 g/mol. The van der Waals surface area contributed by atoms with Gasteiger partial charge in [-0.2, -0.15) is 0 Å². The number of hydrogen-bond acceptors (Lipinski definition) is 1. The molecule has 0 fully saturated rings. The molecule has 0 bridgehead atoms. The molecule has 0 amide bonds. The van der Waals surface area contributed by atoms with Gasteiger partial charge in [0, 0.05) is 0 Å². The van der Waals surface area contributed by atoms with Crippen LogP contribution >= 0.6 is 15.9 Å². The molecule has 0 aliphatic rings. The molecule has 0 atom stereocenters. The summed E-state index contributed by atoms with van der Waals surface area (Å²) < 4.78 is 54.0. The van der Waals surface area contributed by atoms with Crippen molar-refractivity contribution in [2.45, 2.75) is 26.0 Å². The minimum Gasteiger partial charge on any atom is -0.401 e. The first-order valence-corrected chi connectivity index (χ1v) is 9.06. The summed E-state index contributed by atoms with van der Waals surface area (Å²) in [6.45, 7) is 5.53. The first-order chi connectivity index (χ1) is 7.52. The van der Waals surface area contributed by atoms with Gasteiger partial charge in [0.2, 0.25) is 0 Å². The second-order valence-corrected chi connectivity index (χ2v) is 10.4. The van der Waals surface area contributed by atoms with Crippen LogP contribution in [0.4, 0.5) is 17.6 Å². The lowest BCUT2D eigenvalue weighted by atomic mass is 10.3. The minimum absolute atomic E-state index is 0.0469. The molecule has 1 aromatic rings. The number of benzene rings is 1. The van der Waals surface area contributed by atoms with E-state index in [1.165, 1.54) is 12.1 Å². The van der Waals surface area contributed by atoms with Crippen LogP contribution in [0, 0.1) is 5.82 Å². The fraction of sp³-hybridized carbons (Fsp3) is 0.400. The number of ether oxygens (including phenoxy) is 1. The van der Waals surface area contributed by atoms with Crippen molar-refractivity contribution in [3.8, 4) is 5.75 Å². The number of halogens is 5. The Hall–Kier alpha value is -0.563. The number of alkyl halides is 3. The van der Waals surface area contributed by atoms with Crippen LogP contribution in [0.1, 0.15) is 0 Å². The Bertz CT molecular complexity index is 426. The maximum atomic E-state index is 13.9. The van der Waals surface area contributed by atoms with Crippen molar-refractivity contribution in [2.24, 2.45) is 0 Å². The van der Waals surface area contributed by atoms with E-state index >= 15 is 0 Å². The molecule has 0 radical (unpaired) electrons. The highest BCUT2D eigenvalue weighted by molar-refractivity contribution is 9.10. The van der Waals surface area contributed by atoms with Crippen LogP contribution < -0.4 is 9.92 Å². The molecule has 1 aromatic carbocycles. The summed E-state index contributed by atoms with van der Waals surface area (Å²) in [6.07, 6.45) is -4.90. The predicted molar refractivity (Wildman–Crippen MR) is 63.8 cm³/mol. The van der Waals surface area contributed by atoms with E-state index in [2.05, 4.69) is 20.7 Å². The highest BCUT2D eigenvalue weighted by atomic mass is 79.9. The second-order valence-electron chi connectivity index (χ2n) is 4.54. The Labute approximate surface area is 106 Å². The molecule has 0 aliphatic carbocycles. The maximum Gasteiger partial charge on any atom is 0.573 e. The largest absolute Gasteiger partial charge is 0.573 e. The lowest BCUT2D eigenvalue weighted by Gasteiger charge is -2.20. The van der Waals surface area contributed by atoms with Crippen LogP contribution in [0.3, 0.4) is 0 Å². The van der Waals surface area contributed by atoms with Crippen molar-refractivity contribution in [1.29, 1.82) is 0 Å². The van der Waals surface area contributed by atoms with E-state index in [0.717, 1.165) is 0 Å². The van der Waals surface area contributed by atoms with Gasteiger partial charge in [-0.15, -0.1) is 13.2 Å². The SMILES string of the molecule is C[Si](C)(C)c1ccc(Br)c(OC(F)(F)F)c1F. The van der Waals surface area contributed by atoms with Crippen molar-refractivity contribution < 1.29 is 22.3 Å². The molecule has 0 spiro atoms. The third-order valence-electron chi connectivity index (χ3n) is 2.07. The molecule has 7 heteroatoms. The van der Waals surface area contributed by atoms with Crippen LogP contribution in [0.2, 0.25) is 19.6 Å². The van der Waals surface area contributed by atoms with Gasteiger partial charge in [-0.25, -0.2) is 4.39 Å². The zero-order valence-electron chi connectivity index (χ0n) is 9.45. The average Bonchev–Trinajstić information content (AvgIpc) is 2.08. The summed E-state index contributed by atoms with van der Waals surface area (Å²) in [5.41, 5.74) is 0. The summed E-state index contributed by atoms with van der Waals surface area (Å²) in [4.78, 5) is 0. The smallest absolute Gasteiger partial charge is 0.401 e. The first-order valence-electron chi connectivity index (χ1n) is 4.76. The topological polar surface area (TPSA) is 9.23 Å². The van der Waals surface area contributed by atoms with Crippen molar-refractivity contribution in [3.63, 3.8) is 0 Å². The molecular formula is C10H11BrF4OSi. The number of rotatable bonds is 2. The molecule has 0 saturated heterocycles. The summed E-state index contributed by atoms with van der Waals surface area (Å²) in [7, 11) is -2.05. The lowest BCUT2D eigenvalue weighted by Crippen LogP contribution is -2.40. The molecule has 17 heavy (non-hydrogen) atoms. The van der Waals surface area contributed by atoms with E-state index in [1.807, 2.05) is 19.6 Å². The molecule has 0 aromatic heterocycles. The molecule has 0 saturated carbocycles. The lowest BCUT2D eigenvalue weighted by molar-refractivity contribution is -0.275. The molecule has 1 rings (SSSR count). The molecule has 0 heterocycles. The van der Waals surface area contributed by atoms with Crippen molar-refractivity contribution in [3.05, 3.63) is 22.4 Å². The van der Waals surface area contributed by atoms with Crippen LogP contribution in [0.15, 0.2) is 16.6 Å². The zero-order valence-corrected chi connectivity index (χ0v) is 12.0. The number of hydrogen-bond donors (Lipinski definition) is 0. The van der Waals surface area contributed by atoms with Crippen molar-refractivity contribution in [2.75, 3.05) is 0 Å². The predicted octanol–water partition coefficient (Wildman–Crippen LogP) is 4.03. The van der Waals surface area contributed by atoms with E-state index < -0.39 is 26.0 Å². The molecule has 0 aliphatic heterocycles. The summed E-state index contributed by atoms with van der Waals surface area (Å²) >= 11 is 2.85. The summed E-state index contributed by atoms with van der Waals surface area (Å²) in [5.74, 6) is -1.73. The second kappa shape index (κ2) is 4.60. The third kappa shape index (κ3) is 3.70. The highest BCUT2D eigenvalue weighted by Crippen LogP contribution is 2.32. The van der Waals surface area contributed by atoms with Gasteiger partial charge in [0.15, 0.2) is 11.6 Å². The van der Waals surface area contributed by atoms with Gasteiger partial charge in [0.1, 0.15) is 0 Å². The van der Waals surface area contributed by atoms with E-state index in [0.29, 0.717) is 5.19 Å². The maximum absolute atomic E-state index is 13.9. The van der Waals surface area contributed by atoms with E-state index in [-0.39, 0.29) is 4.47 Å². The van der Waals surface area contributed by atoms with E-state index in [4.69, 9.17) is 0 Å². The molecule has 96 valence electrons. The Morgan fingerprint density at radius 2 is 1.71 bits per heavy atom. The van der Waals surface area contributed by atoms with Crippen LogP contribution in [-0.2, 0) is 0 Å². The first kappa shape index (κ1) is 14.5. The Morgan fingerprint density at radius 1 is 1.18 bits per heavy atom. The van der Waals surface area contributed by atoms with Crippen molar-refractivity contribution >= 4 is 29.2 Å². The quantitative estimate of drug-likeness (QED) is 0.587. The van der Waals surface area contributed by atoms with Gasteiger partial charge in [-0.1, -0.05) is 25.7 Å². The highest BCUT2D eigenvalue weighted by Gasteiger charge is 2.35. The Balaban J connectivity index is 3.31. The fourth-order valence-corrected chi connectivity index (χ4v) is 3.06.